The lowest BCUT2D eigenvalue weighted by Gasteiger charge is -2.30. The van der Waals surface area contributed by atoms with Crippen LogP contribution in [0.15, 0.2) is 18.2 Å². The fraction of sp³-hybridized carbons (Fsp3) is 0.529. The number of Topliss-reactive ketones (excluding diaryl/α,β-unsaturated/α-hetero) is 1. The van der Waals surface area contributed by atoms with Crippen molar-refractivity contribution < 1.29 is 19.4 Å². The zero-order valence-corrected chi connectivity index (χ0v) is 13.2. The predicted molar refractivity (Wildman–Crippen MR) is 83.7 cm³/mol. The van der Waals surface area contributed by atoms with Gasteiger partial charge in [0.25, 0.3) is 0 Å². The Morgan fingerprint density at radius 2 is 2.18 bits per heavy atom. The first-order valence-corrected chi connectivity index (χ1v) is 7.77. The molecule has 0 saturated carbocycles. The van der Waals surface area contributed by atoms with E-state index in [0.717, 1.165) is 19.5 Å². The summed E-state index contributed by atoms with van der Waals surface area (Å²) >= 11 is 0. The number of ketones is 1. The van der Waals surface area contributed by atoms with Gasteiger partial charge in [-0.1, -0.05) is 6.92 Å². The summed E-state index contributed by atoms with van der Waals surface area (Å²) in [4.78, 5) is 25.8. The predicted octanol–water partition coefficient (Wildman–Crippen LogP) is 2.70. The minimum Gasteiger partial charge on any atom is -0.493 e. The average Bonchev–Trinajstić information content (AvgIpc) is 2.47. The normalized spacial score (nSPS) is 18.9. The van der Waals surface area contributed by atoms with Crippen molar-refractivity contribution in [2.24, 2.45) is 5.92 Å². The zero-order chi connectivity index (χ0) is 16.1. The molecule has 120 valence electrons. The summed E-state index contributed by atoms with van der Waals surface area (Å²) in [6.45, 7) is 6.60. The quantitative estimate of drug-likeness (QED) is 0.819. The Morgan fingerprint density at radius 1 is 1.41 bits per heavy atom. The molecule has 1 N–H and O–H groups in total. The maximum absolute atomic E-state index is 12.6. The van der Waals surface area contributed by atoms with Crippen molar-refractivity contribution in [3.8, 4) is 5.75 Å². The Bertz CT molecular complexity index is 556. The SMILES string of the molecule is CCOc1ccc(C(=O)O)cc1C(=O)CN1CCCC(C)C1. The van der Waals surface area contributed by atoms with Crippen molar-refractivity contribution in [3.63, 3.8) is 0 Å². The summed E-state index contributed by atoms with van der Waals surface area (Å²) in [5.74, 6) is -0.0647. The van der Waals surface area contributed by atoms with Gasteiger partial charge in [0.15, 0.2) is 5.78 Å². The van der Waals surface area contributed by atoms with Gasteiger partial charge in [-0.2, -0.15) is 0 Å². The van der Waals surface area contributed by atoms with E-state index in [0.29, 0.717) is 30.4 Å². The van der Waals surface area contributed by atoms with Gasteiger partial charge in [0.05, 0.1) is 24.3 Å². The number of aromatic carboxylic acids is 1. The summed E-state index contributed by atoms with van der Waals surface area (Å²) in [7, 11) is 0. The summed E-state index contributed by atoms with van der Waals surface area (Å²) in [5.41, 5.74) is 0.471. The molecule has 1 heterocycles. The number of hydrogen-bond donors (Lipinski definition) is 1. The van der Waals surface area contributed by atoms with Gasteiger partial charge in [0.1, 0.15) is 5.75 Å². The Balaban J connectivity index is 2.18. The zero-order valence-electron chi connectivity index (χ0n) is 13.2. The fourth-order valence-electron chi connectivity index (χ4n) is 2.88. The van der Waals surface area contributed by atoms with E-state index in [1.54, 1.807) is 6.07 Å². The lowest BCUT2D eigenvalue weighted by atomic mass is 9.99. The molecule has 1 aliphatic heterocycles. The van der Waals surface area contributed by atoms with E-state index in [9.17, 15) is 9.59 Å². The number of carbonyl (C=O) groups is 2. The van der Waals surface area contributed by atoms with Crippen LogP contribution in [0.5, 0.6) is 5.75 Å². The molecule has 1 aliphatic rings. The average molecular weight is 305 g/mol. The van der Waals surface area contributed by atoms with Gasteiger partial charge in [0, 0.05) is 6.54 Å². The van der Waals surface area contributed by atoms with Crippen LogP contribution in [0.3, 0.4) is 0 Å². The largest absolute Gasteiger partial charge is 0.493 e. The standard InChI is InChI=1S/C17H23NO4/c1-3-22-16-7-6-13(17(20)21)9-14(16)15(19)11-18-8-4-5-12(2)10-18/h6-7,9,12H,3-5,8,10-11H2,1-2H3,(H,20,21). The molecule has 0 bridgehead atoms. The molecule has 1 atom stereocenters. The lowest BCUT2D eigenvalue weighted by molar-refractivity contribution is 0.0697. The minimum atomic E-state index is -1.04. The van der Waals surface area contributed by atoms with Gasteiger partial charge in [0.2, 0.25) is 0 Å². The molecule has 1 fully saturated rings. The van der Waals surface area contributed by atoms with Crippen molar-refractivity contribution in [3.05, 3.63) is 29.3 Å². The number of rotatable bonds is 6. The summed E-state index contributed by atoms with van der Waals surface area (Å²) < 4.78 is 5.47. The smallest absolute Gasteiger partial charge is 0.335 e. The van der Waals surface area contributed by atoms with Crippen LogP contribution in [0.25, 0.3) is 0 Å². The molecule has 2 rings (SSSR count). The number of carbonyl (C=O) groups excluding carboxylic acids is 1. The highest BCUT2D eigenvalue weighted by atomic mass is 16.5. The van der Waals surface area contributed by atoms with Crippen LogP contribution in [0.4, 0.5) is 0 Å². The molecule has 5 heteroatoms. The van der Waals surface area contributed by atoms with E-state index < -0.39 is 5.97 Å². The summed E-state index contributed by atoms with van der Waals surface area (Å²) in [6, 6.07) is 4.45. The molecule has 0 amide bonds. The first-order valence-electron chi connectivity index (χ1n) is 7.77. The number of nitrogens with zero attached hydrogens (tertiary/aromatic N) is 1. The van der Waals surface area contributed by atoms with Gasteiger partial charge >= 0.3 is 5.97 Å². The monoisotopic (exact) mass is 305 g/mol. The van der Waals surface area contributed by atoms with Crippen LogP contribution in [-0.2, 0) is 0 Å². The summed E-state index contributed by atoms with van der Waals surface area (Å²) in [5, 5.41) is 9.11. The second-order valence-electron chi connectivity index (χ2n) is 5.85. The maximum Gasteiger partial charge on any atom is 0.335 e. The number of hydrogen-bond acceptors (Lipinski definition) is 4. The molecule has 1 aromatic rings. The lowest BCUT2D eigenvalue weighted by Crippen LogP contribution is -2.38. The molecule has 0 radical (unpaired) electrons. The Hall–Kier alpha value is -1.88. The van der Waals surface area contributed by atoms with Crippen LogP contribution in [0, 0.1) is 5.92 Å². The van der Waals surface area contributed by atoms with Crippen molar-refractivity contribution >= 4 is 11.8 Å². The molecule has 1 saturated heterocycles. The highest BCUT2D eigenvalue weighted by Gasteiger charge is 2.22. The highest BCUT2D eigenvalue weighted by molar-refractivity contribution is 6.02. The number of carboxylic acids is 1. The number of piperidine rings is 1. The molecule has 22 heavy (non-hydrogen) atoms. The van der Waals surface area contributed by atoms with Crippen molar-refractivity contribution in [2.75, 3.05) is 26.2 Å². The third-order valence-electron chi connectivity index (χ3n) is 3.94. The van der Waals surface area contributed by atoms with Crippen LogP contribution >= 0.6 is 0 Å². The van der Waals surface area contributed by atoms with Crippen LogP contribution in [-0.4, -0.2) is 48.0 Å². The first kappa shape index (κ1) is 16.5. The third kappa shape index (κ3) is 4.07. The van der Waals surface area contributed by atoms with E-state index in [-0.39, 0.29) is 11.3 Å². The van der Waals surface area contributed by atoms with Gasteiger partial charge in [-0.25, -0.2) is 4.79 Å². The number of ether oxygens (including phenoxy) is 1. The van der Waals surface area contributed by atoms with E-state index in [2.05, 4.69) is 11.8 Å². The van der Waals surface area contributed by atoms with E-state index >= 15 is 0 Å². The molecule has 0 spiro atoms. The maximum atomic E-state index is 12.6. The first-order chi connectivity index (χ1) is 10.5. The number of carboxylic acid groups (broad SMARTS) is 1. The van der Waals surface area contributed by atoms with Crippen LogP contribution in [0.1, 0.15) is 47.4 Å². The molecule has 0 aliphatic carbocycles. The van der Waals surface area contributed by atoms with Crippen molar-refractivity contribution in [1.29, 1.82) is 0 Å². The Labute approximate surface area is 130 Å². The molecular formula is C17H23NO4. The van der Waals surface area contributed by atoms with E-state index in [4.69, 9.17) is 9.84 Å². The third-order valence-corrected chi connectivity index (χ3v) is 3.94. The van der Waals surface area contributed by atoms with E-state index in [1.807, 2.05) is 6.92 Å². The molecule has 0 aromatic heterocycles. The molecule has 5 nitrogen and oxygen atoms in total. The topological polar surface area (TPSA) is 66.8 Å². The van der Waals surface area contributed by atoms with E-state index in [1.165, 1.54) is 18.6 Å². The van der Waals surface area contributed by atoms with Gasteiger partial charge in [-0.05, 0) is 50.4 Å². The van der Waals surface area contributed by atoms with Gasteiger partial charge < -0.3 is 9.84 Å². The molecule has 1 unspecified atom stereocenters. The summed E-state index contributed by atoms with van der Waals surface area (Å²) in [6.07, 6.45) is 2.30. The van der Waals surface area contributed by atoms with Gasteiger partial charge in [-0.15, -0.1) is 0 Å². The van der Waals surface area contributed by atoms with Crippen LogP contribution in [0.2, 0.25) is 0 Å². The van der Waals surface area contributed by atoms with Crippen molar-refractivity contribution in [1.82, 2.24) is 4.90 Å². The molecular weight excluding hydrogens is 282 g/mol. The molecule has 1 aromatic carbocycles. The fourth-order valence-corrected chi connectivity index (χ4v) is 2.88. The number of likely N-dealkylation sites (tertiary alicyclic amines) is 1. The second kappa shape index (κ2) is 7.40. The second-order valence-corrected chi connectivity index (χ2v) is 5.85. The van der Waals surface area contributed by atoms with Gasteiger partial charge in [-0.3, -0.25) is 9.69 Å². The minimum absolute atomic E-state index is 0.0827. The Morgan fingerprint density at radius 3 is 2.82 bits per heavy atom. The van der Waals surface area contributed by atoms with Crippen molar-refractivity contribution in [2.45, 2.75) is 26.7 Å². The van der Waals surface area contributed by atoms with Crippen LogP contribution < -0.4 is 4.74 Å². The highest BCUT2D eigenvalue weighted by Crippen LogP contribution is 2.23. The Kier molecular flexibility index (Phi) is 5.55. The number of benzene rings is 1.